The average molecular weight is 201 g/mol. The normalized spacial score (nSPS) is 21.6. The van der Waals surface area contributed by atoms with Crippen LogP contribution in [0.2, 0.25) is 0 Å². The monoisotopic (exact) mass is 201 g/mol. The Labute approximate surface area is 84.8 Å². The van der Waals surface area contributed by atoms with Gasteiger partial charge < -0.3 is 14.7 Å². The van der Waals surface area contributed by atoms with Gasteiger partial charge in [-0.05, 0) is 12.8 Å². The minimum Gasteiger partial charge on any atom is -0.386 e. The van der Waals surface area contributed by atoms with Crippen LogP contribution < -0.4 is 0 Å². The van der Waals surface area contributed by atoms with Gasteiger partial charge in [-0.1, -0.05) is 6.92 Å². The molecule has 1 heterocycles. The van der Waals surface area contributed by atoms with Gasteiger partial charge in [0.15, 0.2) is 0 Å². The fraction of sp³-hybridized carbons (Fsp3) is 0.900. The second-order valence-corrected chi connectivity index (χ2v) is 4.51. The number of β-amino-alcohol motifs (C(OH)–C–C–N with tert-alkyl or cyclic N) is 1. The van der Waals surface area contributed by atoms with Gasteiger partial charge >= 0.3 is 0 Å². The molecule has 1 unspecified atom stereocenters. The van der Waals surface area contributed by atoms with Gasteiger partial charge in [0.25, 0.3) is 0 Å². The Balaban J connectivity index is 2.24. The first-order chi connectivity index (χ1) is 6.44. The van der Waals surface area contributed by atoms with E-state index in [0.29, 0.717) is 26.1 Å². The zero-order valence-electron chi connectivity index (χ0n) is 9.12. The molecule has 1 aliphatic rings. The predicted octanol–water partition coefficient (Wildman–Crippen LogP) is 0.252. The molecule has 0 bridgehead atoms. The van der Waals surface area contributed by atoms with Crippen molar-refractivity contribution >= 4 is 5.91 Å². The molecule has 0 saturated carbocycles. The summed E-state index contributed by atoms with van der Waals surface area (Å²) in [7, 11) is 1.63. The molecule has 1 aliphatic heterocycles. The van der Waals surface area contributed by atoms with Gasteiger partial charge in [-0.15, -0.1) is 0 Å². The van der Waals surface area contributed by atoms with Crippen LogP contribution >= 0.6 is 0 Å². The summed E-state index contributed by atoms with van der Waals surface area (Å²) in [5.41, 5.74) is -0.667. The highest BCUT2D eigenvalue weighted by atomic mass is 16.5. The quantitative estimate of drug-likeness (QED) is 0.709. The molecule has 4 nitrogen and oxygen atoms in total. The third-order valence-electron chi connectivity index (χ3n) is 2.39. The van der Waals surface area contributed by atoms with Crippen molar-refractivity contribution in [2.24, 2.45) is 5.92 Å². The van der Waals surface area contributed by atoms with Gasteiger partial charge in [0.2, 0.25) is 5.91 Å². The van der Waals surface area contributed by atoms with Gasteiger partial charge in [-0.3, -0.25) is 4.79 Å². The lowest BCUT2D eigenvalue weighted by atomic mass is 9.95. The summed E-state index contributed by atoms with van der Waals surface area (Å²) in [6.45, 7) is 5.27. The van der Waals surface area contributed by atoms with E-state index in [4.69, 9.17) is 4.74 Å². The Morgan fingerprint density at radius 1 is 1.64 bits per heavy atom. The van der Waals surface area contributed by atoms with Crippen molar-refractivity contribution in [2.75, 3.05) is 26.8 Å². The molecule has 82 valence electrons. The lowest BCUT2D eigenvalue weighted by Crippen LogP contribution is -2.61. The molecular weight excluding hydrogens is 182 g/mol. The number of hydrogen-bond acceptors (Lipinski definition) is 3. The molecule has 1 fully saturated rings. The molecule has 4 heteroatoms. The Hall–Kier alpha value is -0.610. The second-order valence-electron chi connectivity index (χ2n) is 4.51. The Kier molecular flexibility index (Phi) is 3.50. The van der Waals surface area contributed by atoms with Crippen LogP contribution in [-0.2, 0) is 9.53 Å². The van der Waals surface area contributed by atoms with Crippen molar-refractivity contribution in [1.29, 1.82) is 0 Å². The second kappa shape index (κ2) is 4.28. The van der Waals surface area contributed by atoms with Crippen molar-refractivity contribution in [3.8, 4) is 0 Å². The van der Waals surface area contributed by atoms with Crippen LogP contribution in [0.1, 0.15) is 20.3 Å². The van der Waals surface area contributed by atoms with E-state index >= 15 is 0 Å². The molecule has 0 aromatic heterocycles. The highest BCUT2D eigenvalue weighted by molar-refractivity contribution is 5.77. The van der Waals surface area contributed by atoms with Crippen molar-refractivity contribution in [3.05, 3.63) is 0 Å². The molecule has 0 aliphatic carbocycles. The molecule has 0 spiro atoms. The van der Waals surface area contributed by atoms with Crippen molar-refractivity contribution < 1.29 is 14.6 Å². The number of rotatable bonds is 4. The largest absolute Gasteiger partial charge is 0.386 e. The van der Waals surface area contributed by atoms with Crippen LogP contribution in [0.3, 0.4) is 0 Å². The number of carbonyl (C=O) groups is 1. The topological polar surface area (TPSA) is 49.8 Å². The van der Waals surface area contributed by atoms with E-state index in [9.17, 15) is 9.90 Å². The number of aliphatic hydroxyl groups is 1. The molecule has 1 atom stereocenters. The number of carbonyl (C=O) groups excluding carboxylic acids is 1. The minimum absolute atomic E-state index is 0.112. The Bertz CT molecular complexity index is 207. The molecule has 1 N–H and O–H groups in total. The minimum atomic E-state index is -0.667. The maximum atomic E-state index is 11.6. The first-order valence-electron chi connectivity index (χ1n) is 4.94. The lowest BCUT2D eigenvalue weighted by Gasteiger charge is -2.44. The van der Waals surface area contributed by atoms with Crippen LogP contribution in [0, 0.1) is 5.92 Å². The van der Waals surface area contributed by atoms with E-state index < -0.39 is 5.60 Å². The van der Waals surface area contributed by atoms with Gasteiger partial charge in [0.1, 0.15) is 0 Å². The lowest BCUT2D eigenvalue weighted by molar-refractivity contribution is -0.153. The maximum Gasteiger partial charge on any atom is 0.223 e. The standard InChI is InChI=1S/C10H19NO3/c1-8(5-14-3)4-9(12)11-6-10(2,13)7-11/h8,13H,4-7H2,1-3H3. The smallest absolute Gasteiger partial charge is 0.223 e. The number of amides is 1. The van der Waals surface area contributed by atoms with Crippen LogP contribution in [-0.4, -0.2) is 48.3 Å². The van der Waals surface area contributed by atoms with E-state index in [0.717, 1.165) is 0 Å². The van der Waals surface area contributed by atoms with E-state index in [2.05, 4.69) is 0 Å². The number of methoxy groups -OCH3 is 1. The summed E-state index contributed by atoms with van der Waals surface area (Å²) >= 11 is 0. The number of nitrogens with zero attached hydrogens (tertiary/aromatic N) is 1. The van der Waals surface area contributed by atoms with E-state index in [1.165, 1.54) is 0 Å². The highest BCUT2D eigenvalue weighted by Crippen LogP contribution is 2.21. The molecule has 0 aromatic carbocycles. The molecule has 0 aromatic rings. The fourth-order valence-corrected chi connectivity index (χ4v) is 1.72. The molecule has 1 amide bonds. The summed E-state index contributed by atoms with van der Waals surface area (Å²) in [4.78, 5) is 13.2. The predicted molar refractivity (Wildman–Crippen MR) is 52.9 cm³/mol. The first-order valence-corrected chi connectivity index (χ1v) is 4.94. The first kappa shape index (κ1) is 11.5. The van der Waals surface area contributed by atoms with Crippen LogP contribution in [0.4, 0.5) is 0 Å². The van der Waals surface area contributed by atoms with Crippen LogP contribution in [0.5, 0.6) is 0 Å². The Morgan fingerprint density at radius 2 is 2.21 bits per heavy atom. The van der Waals surface area contributed by atoms with Gasteiger partial charge in [0, 0.05) is 20.1 Å². The van der Waals surface area contributed by atoms with Crippen LogP contribution in [0.15, 0.2) is 0 Å². The summed E-state index contributed by atoms with van der Waals surface area (Å²) in [5, 5.41) is 9.45. The third kappa shape index (κ3) is 2.96. The van der Waals surface area contributed by atoms with Gasteiger partial charge in [-0.2, -0.15) is 0 Å². The van der Waals surface area contributed by atoms with E-state index in [1.807, 2.05) is 6.92 Å². The molecule has 1 rings (SSSR count). The number of likely N-dealkylation sites (tertiary alicyclic amines) is 1. The molecule has 0 radical (unpaired) electrons. The van der Waals surface area contributed by atoms with Gasteiger partial charge in [0.05, 0.1) is 18.7 Å². The molecular formula is C10H19NO3. The zero-order valence-corrected chi connectivity index (χ0v) is 9.12. The summed E-state index contributed by atoms with van der Waals surface area (Å²) in [5.74, 6) is 0.360. The third-order valence-corrected chi connectivity index (χ3v) is 2.39. The van der Waals surface area contributed by atoms with Gasteiger partial charge in [-0.25, -0.2) is 0 Å². The maximum absolute atomic E-state index is 11.6. The molecule has 1 saturated heterocycles. The molecule has 14 heavy (non-hydrogen) atoms. The number of ether oxygens (including phenoxy) is 1. The average Bonchev–Trinajstić information content (AvgIpc) is 2.00. The SMILES string of the molecule is COCC(C)CC(=O)N1CC(C)(O)C1. The van der Waals surface area contributed by atoms with Crippen molar-refractivity contribution in [2.45, 2.75) is 25.9 Å². The summed E-state index contributed by atoms with van der Waals surface area (Å²) < 4.78 is 4.96. The van der Waals surface area contributed by atoms with Crippen molar-refractivity contribution in [1.82, 2.24) is 4.90 Å². The van der Waals surface area contributed by atoms with E-state index in [-0.39, 0.29) is 11.8 Å². The highest BCUT2D eigenvalue weighted by Gasteiger charge is 2.39. The zero-order chi connectivity index (χ0) is 10.8. The Morgan fingerprint density at radius 3 is 2.64 bits per heavy atom. The summed E-state index contributed by atoms with van der Waals surface area (Å²) in [6, 6.07) is 0. The van der Waals surface area contributed by atoms with Crippen molar-refractivity contribution in [3.63, 3.8) is 0 Å². The van der Waals surface area contributed by atoms with E-state index in [1.54, 1.807) is 18.9 Å². The summed E-state index contributed by atoms with van der Waals surface area (Å²) in [6.07, 6.45) is 0.504. The fourth-order valence-electron chi connectivity index (χ4n) is 1.72. The number of hydrogen-bond donors (Lipinski definition) is 1. The van der Waals surface area contributed by atoms with Crippen LogP contribution in [0.25, 0.3) is 0 Å².